The highest BCUT2D eigenvalue weighted by Crippen LogP contribution is 1.87. The first-order chi connectivity index (χ1) is 3.89. The van der Waals surface area contributed by atoms with E-state index in [4.69, 9.17) is 7.85 Å². The molecule has 0 unspecified atom stereocenters. The Bertz CT molecular complexity index is 112. The zero-order valence-electron chi connectivity index (χ0n) is 5.22. The molecule has 0 N–H and O–H groups in total. The lowest BCUT2D eigenvalue weighted by Crippen LogP contribution is -1.88. The molecule has 0 fully saturated rings. The summed E-state index contributed by atoms with van der Waals surface area (Å²) in [4.78, 5) is 0. The van der Waals surface area contributed by atoms with Crippen LogP contribution in [0.4, 0.5) is 0 Å². The highest BCUT2D eigenvalue weighted by molar-refractivity contribution is 7.18. The van der Waals surface area contributed by atoms with Crippen LogP contribution in [0.1, 0.15) is 13.8 Å². The number of rotatable bonds is 0. The topological polar surface area (TPSA) is 0 Å². The van der Waals surface area contributed by atoms with Crippen LogP contribution in [0.25, 0.3) is 0 Å². The quantitative estimate of drug-likeness (QED) is 0.460. The molecule has 0 amide bonds. The zero-order valence-corrected chi connectivity index (χ0v) is 6.03. The van der Waals surface area contributed by atoms with Crippen molar-refractivity contribution < 1.29 is 0 Å². The van der Waals surface area contributed by atoms with E-state index < -0.39 is 0 Å². The van der Waals surface area contributed by atoms with E-state index in [9.17, 15) is 0 Å². The normalized spacial score (nSPS) is 7.25. The van der Waals surface area contributed by atoms with Crippen molar-refractivity contribution >= 4 is 24.0 Å². The van der Waals surface area contributed by atoms with Crippen molar-refractivity contribution in [3.05, 3.63) is 17.5 Å². The van der Waals surface area contributed by atoms with Gasteiger partial charge in [0.25, 0.3) is 0 Å². The van der Waals surface area contributed by atoms with Gasteiger partial charge in [-0.3, -0.25) is 0 Å². The van der Waals surface area contributed by atoms with Crippen LogP contribution in [0.3, 0.4) is 0 Å². The molecule has 0 spiro atoms. The van der Waals surface area contributed by atoms with Gasteiger partial charge in [0.1, 0.15) is 7.85 Å². The Morgan fingerprint density at radius 2 is 2.12 bits per heavy atom. The van der Waals surface area contributed by atoms with Crippen molar-refractivity contribution in [3.63, 3.8) is 0 Å². The first-order valence-corrected chi connectivity index (χ1v) is 3.56. The molecule has 0 aliphatic rings. The van der Waals surface area contributed by atoms with Gasteiger partial charge >= 0.3 is 0 Å². The van der Waals surface area contributed by atoms with Gasteiger partial charge in [0, 0.05) is 0 Å². The van der Waals surface area contributed by atoms with Crippen LogP contribution in [0, 0.1) is 0 Å². The minimum atomic E-state index is 0.884. The van der Waals surface area contributed by atoms with Crippen LogP contribution in [0.5, 0.6) is 0 Å². The average molecular weight is 124 g/mol. The zero-order chi connectivity index (χ0) is 6.41. The minimum absolute atomic E-state index is 0.884. The molecule has 1 aromatic rings. The molecule has 0 bridgehead atoms. The summed E-state index contributed by atoms with van der Waals surface area (Å²) in [5.41, 5.74) is 0. The second-order valence-corrected chi connectivity index (χ2v) is 1.99. The second kappa shape index (κ2) is 4.91. The Morgan fingerprint density at radius 3 is 2.25 bits per heavy atom. The molecular weight excluding hydrogens is 115 g/mol. The molecule has 1 heterocycles. The summed E-state index contributed by atoms with van der Waals surface area (Å²) < 4.78 is 0.884. The monoisotopic (exact) mass is 124 g/mol. The molecule has 42 valence electrons. The average Bonchev–Trinajstić information content (AvgIpc) is 2.24. The van der Waals surface area contributed by atoms with Crippen molar-refractivity contribution in [2.45, 2.75) is 13.8 Å². The molecule has 1 rings (SSSR count). The Morgan fingerprint density at radius 1 is 1.50 bits per heavy atom. The summed E-state index contributed by atoms with van der Waals surface area (Å²) in [5, 5.41) is 1.95. The van der Waals surface area contributed by atoms with Crippen molar-refractivity contribution in [3.8, 4) is 0 Å². The van der Waals surface area contributed by atoms with E-state index in [1.54, 1.807) is 11.3 Å². The summed E-state index contributed by atoms with van der Waals surface area (Å²) in [6, 6.07) is 3.81. The first kappa shape index (κ1) is 7.76. The Balaban J connectivity index is 0.000000222. The maximum absolute atomic E-state index is 5.30. The molecule has 2 heteroatoms. The summed E-state index contributed by atoms with van der Waals surface area (Å²) in [6.45, 7) is 4.00. The molecule has 8 heavy (non-hydrogen) atoms. The molecule has 0 aliphatic heterocycles. The standard InChI is InChI=1S/C4H3BS.C2H6/c5-4-2-1-3-6-4;1-2/h1-3H;1-2H3. The van der Waals surface area contributed by atoms with Gasteiger partial charge in [-0.2, -0.15) is 11.3 Å². The summed E-state index contributed by atoms with van der Waals surface area (Å²) in [7, 11) is 5.30. The van der Waals surface area contributed by atoms with Crippen molar-refractivity contribution in [2.24, 2.45) is 0 Å². The fraction of sp³-hybridized carbons (Fsp3) is 0.333. The van der Waals surface area contributed by atoms with Gasteiger partial charge in [0.15, 0.2) is 0 Å². The predicted octanol–water partition coefficient (Wildman–Crippen LogP) is 1.57. The summed E-state index contributed by atoms with van der Waals surface area (Å²) >= 11 is 1.56. The predicted molar refractivity (Wildman–Crippen MR) is 41.1 cm³/mol. The fourth-order valence-corrected chi connectivity index (χ4v) is 0.763. The van der Waals surface area contributed by atoms with Crippen LogP contribution >= 0.6 is 11.3 Å². The lowest BCUT2D eigenvalue weighted by Gasteiger charge is -1.66. The largest absolute Gasteiger partial charge is 0.160 e. The van der Waals surface area contributed by atoms with Gasteiger partial charge in [-0.1, -0.05) is 26.0 Å². The van der Waals surface area contributed by atoms with Crippen LogP contribution in [-0.4, -0.2) is 7.85 Å². The number of thiophene rings is 1. The van der Waals surface area contributed by atoms with Gasteiger partial charge in [0.05, 0.1) is 0 Å². The molecule has 2 radical (unpaired) electrons. The summed E-state index contributed by atoms with van der Waals surface area (Å²) in [5.74, 6) is 0. The van der Waals surface area contributed by atoms with E-state index >= 15 is 0 Å². The molecule has 1 aromatic heterocycles. The maximum atomic E-state index is 5.30. The summed E-state index contributed by atoms with van der Waals surface area (Å²) in [6.07, 6.45) is 0. The third-order valence-electron chi connectivity index (χ3n) is 0.543. The van der Waals surface area contributed by atoms with Gasteiger partial charge in [-0.05, 0) is 10.2 Å². The smallest absolute Gasteiger partial charge is 0.128 e. The first-order valence-electron chi connectivity index (χ1n) is 2.68. The molecule has 0 saturated heterocycles. The van der Waals surface area contributed by atoms with E-state index in [2.05, 4.69) is 0 Å². The number of hydrogen-bond acceptors (Lipinski definition) is 1. The fourth-order valence-electron chi connectivity index (χ4n) is 0.291. The van der Waals surface area contributed by atoms with Gasteiger partial charge < -0.3 is 0 Å². The van der Waals surface area contributed by atoms with Gasteiger partial charge in [0.2, 0.25) is 0 Å². The van der Waals surface area contributed by atoms with E-state index in [1.807, 2.05) is 31.4 Å². The third kappa shape index (κ3) is 2.86. The van der Waals surface area contributed by atoms with E-state index in [-0.39, 0.29) is 0 Å². The molecule has 0 aliphatic carbocycles. The molecule has 0 nitrogen and oxygen atoms in total. The van der Waals surface area contributed by atoms with Crippen LogP contribution in [0.15, 0.2) is 17.5 Å². The van der Waals surface area contributed by atoms with E-state index in [1.165, 1.54) is 0 Å². The second-order valence-electron chi connectivity index (χ2n) is 1.02. The Kier molecular flexibility index (Phi) is 4.77. The lowest BCUT2D eigenvalue weighted by atomic mass is 10.1. The molecule has 0 saturated carbocycles. The van der Waals surface area contributed by atoms with E-state index in [0.717, 1.165) is 4.78 Å². The highest BCUT2D eigenvalue weighted by Gasteiger charge is 1.74. The van der Waals surface area contributed by atoms with Crippen molar-refractivity contribution in [1.82, 2.24) is 0 Å². The molecular formula is C6H9BS. The maximum Gasteiger partial charge on any atom is 0.128 e. The minimum Gasteiger partial charge on any atom is -0.160 e. The van der Waals surface area contributed by atoms with E-state index in [0.29, 0.717) is 0 Å². The van der Waals surface area contributed by atoms with Gasteiger partial charge in [-0.15, -0.1) is 0 Å². The van der Waals surface area contributed by atoms with Crippen LogP contribution in [-0.2, 0) is 0 Å². The Labute approximate surface area is 56.0 Å². The SMILES string of the molecule is CC.[B]c1cccs1. The number of hydrogen-bond donors (Lipinski definition) is 0. The highest BCUT2D eigenvalue weighted by atomic mass is 32.1. The van der Waals surface area contributed by atoms with Crippen LogP contribution in [0.2, 0.25) is 0 Å². The van der Waals surface area contributed by atoms with Crippen molar-refractivity contribution in [2.75, 3.05) is 0 Å². The molecule has 0 aromatic carbocycles. The molecule has 0 atom stereocenters. The van der Waals surface area contributed by atoms with Gasteiger partial charge in [-0.25, -0.2) is 0 Å². The lowest BCUT2D eigenvalue weighted by molar-refractivity contribution is 1.50. The Hall–Kier alpha value is -0.235. The third-order valence-corrected chi connectivity index (χ3v) is 1.24. The van der Waals surface area contributed by atoms with Crippen LogP contribution < -0.4 is 4.78 Å². The van der Waals surface area contributed by atoms with Crippen molar-refractivity contribution in [1.29, 1.82) is 0 Å².